The minimum Gasteiger partial charge on any atom is -0.444 e. The number of alkyl halides is 1. The molecule has 0 radical (unpaired) electrons. The molecule has 24 heavy (non-hydrogen) atoms. The van der Waals surface area contributed by atoms with Crippen molar-refractivity contribution in [3.05, 3.63) is 0 Å². The fraction of sp³-hybridized carbons (Fsp3) is 0.882. The molecule has 2 unspecified atom stereocenters. The van der Waals surface area contributed by atoms with Gasteiger partial charge in [-0.1, -0.05) is 0 Å². The van der Waals surface area contributed by atoms with Gasteiger partial charge < -0.3 is 9.64 Å². The smallest absolute Gasteiger partial charge is 0.410 e. The van der Waals surface area contributed by atoms with Crippen molar-refractivity contribution in [1.29, 1.82) is 0 Å². The van der Waals surface area contributed by atoms with Gasteiger partial charge in [0.15, 0.2) is 0 Å². The van der Waals surface area contributed by atoms with Crippen LogP contribution in [0, 0.1) is 0 Å². The maximum Gasteiger partial charge on any atom is 0.410 e. The zero-order valence-corrected chi connectivity index (χ0v) is 14.8. The molecule has 6 nitrogen and oxygen atoms in total. The topological polar surface area (TPSA) is 53.1 Å². The highest BCUT2D eigenvalue weighted by molar-refractivity contribution is 5.87. The van der Waals surface area contributed by atoms with Gasteiger partial charge in [-0.15, -0.1) is 0 Å². The average molecular weight is 341 g/mol. The highest BCUT2D eigenvalue weighted by Gasteiger charge is 2.44. The third-order valence-corrected chi connectivity index (χ3v) is 5.11. The average Bonchev–Trinajstić information content (AvgIpc) is 2.35. The van der Waals surface area contributed by atoms with Crippen LogP contribution in [0.25, 0.3) is 0 Å². The zero-order chi connectivity index (χ0) is 17.5. The van der Waals surface area contributed by atoms with Crippen molar-refractivity contribution in [2.45, 2.75) is 63.9 Å². The number of likely N-dealkylation sites (tertiary alicyclic amines) is 3. The van der Waals surface area contributed by atoms with Crippen LogP contribution in [0.3, 0.4) is 0 Å². The molecule has 0 saturated carbocycles. The van der Waals surface area contributed by atoms with E-state index in [2.05, 4.69) is 4.90 Å². The molecule has 0 spiro atoms. The molecule has 136 valence electrons. The fourth-order valence-electron chi connectivity index (χ4n) is 3.57. The highest BCUT2D eigenvalue weighted by Crippen LogP contribution is 2.27. The Morgan fingerprint density at radius 1 is 1.08 bits per heavy atom. The van der Waals surface area contributed by atoms with Crippen LogP contribution in [0.15, 0.2) is 0 Å². The van der Waals surface area contributed by atoms with Gasteiger partial charge in [0, 0.05) is 19.1 Å². The molecule has 7 heteroatoms. The molecule has 0 aromatic carbocycles. The Kier molecular flexibility index (Phi) is 4.73. The lowest BCUT2D eigenvalue weighted by atomic mass is 9.95. The Morgan fingerprint density at radius 2 is 1.79 bits per heavy atom. The Hall–Kier alpha value is -1.37. The molecule has 0 aromatic heterocycles. The molecule has 3 saturated heterocycles. The summed E-state index contributed by atoms with van der Waals surface area (Å²) in [7, 11) is 0. The largest absolute Gasteiger partial charge is 0.444 e. The van der Waals surface area contributed by atoms with E-state index in [9.17, 15) is 14.0 Å². The summed E-state index contributed by atoms with van der Waals surface area (Å²) in [5.41, 5.74) is -0.583. The van der Waals surface area contributed by atoms with E-state index >= 15 is 0 Å². The molecule has 3 rings (SSSR count). The van der Waals surface area contributed by atoms with E-state index in [-0.39, 0.29) is 18.5 Å². The van der Waals surface area contributed by atoms with Gasteiger partial charge in [0.05, 0.1) is 6.54 Å². The van der Waals surface area contributed by atoms with Crippen LogP contribution in [0.5, 0.6) is 0 Å². The maximum absolute atomic E-state index is 14.5. The Labute approximate surface area is 142 Å². The normalized spacial score (nSPS) is 31.2. The number of ether oxygens (including phenoxy) is 1. The third-order valence-electron chi connectivity index (χ3n) is 5.11. The molecule has 0 aliphatic carbocycles. The van der Waals surface area contributed by atoms with Crippen molar-refractivity contribution in [2.75, 3.05) is 32.7 Å². The first kappa shape index (κ1) is 17.5. The molecule has 3 atom stereocenters. The number of carbonyl (C=O) groups is 2. The molecule has 0 aromatic rings. The molecular formula is C17H28FN3O3. The van der Waals surface area contributed by atoms with Gasteiger partial charge in [-0.3, -0.25) is 14.6 Å². The number of nitrogens with zero attached hydrogens (tertiary/aromatic N) is 3. The minimum atomic E-state index is -1.00. The summed E-state index contributed by atoms with van der Waals surface area (Å²) in [6, 6.07) is -0.543. The SMILES string of the molecule is CC(C)(C)OC(=O)N1CC[C@@H]1C(=O)N1CCC(N2CCC2)C(F)C1. The maximum atomic E-state index is 14.5. The van der Waals surface area contributed by atoms with E-state index < -0.39 is 23.9 Å². The third kappa shape index (κ3) is 3.50. The van der Waals surface area contributed by atoms with Gasteiger partial charge in [0.2, 0.25) is 5.91 Å². The second kappa shape index (κ2) is 6.50. The molecule has 2 amide bonds. The Bertz CT molecular complexity index is 504. The number of piperidine rings is 1. The van der Waals surface area contributed by atoms with Gasteiger partial charge in [-0.2, -0.15) is 0 Å². The van der Waals surface area contributed by atoms with Crippen LogP contribution in [-0.4, -0.2) is 83.3 Å². The first-order valence-corrected chi connectivity index (χ1v) is 8.93. The second-order valence-corrected chi connectivity index (χ2v) is 8.02. The van der Waals surface area contributed by atoms with Crippen LogP contribution in [-0.2, 0) is 9.53 Å². The standard InChI is InChI=1S/C17H28FN3O3/c1-17(2,3)24-16(23)21-10-6-14(21)15(22)20-9-5-13(12(18)11-20)19-7-4-8-19/h12-14H,4-11H2,1-3H3/t12?,13?,14-/m1/s1. The van der Waals surface area contributed by atoms with E-state index in [0.29, 0.717) is 25.9 Å². The van der Waals surface area contributed by atoms with E-state index in [1.807, 2.05) is 0 Å². The minimum absolute atomic E-state index is 0.0499. The van der Waals surface area contributed by atoms with Gasteiger partial charge in [0.25, 0.3) is 0 Å². The first-order valence-electron chi connectivity index (χ1n) is 8.93. The van der Waals surface area contributed by atoms with Crippen molar-refractivity contribution in [2.24, 2.45) is 0 Å². The molecular weight excluding hydrogens is 313 g/mol. The van der Waals surface area contributed by atoms with Gasteiger partial charge in [-0.05, 0) is 53.1 Å². The monoisotopic (exact) mass is 341 g/mol. The van der Waals surface area contributed by atoms with Crippen molar-refractivity contribution in [3.63, 3.8) is 0 Å². The van der Waals surface area contributed by atoms with Crippen LogP contribution in [0.2, 0.25) is 0 Å². The van der Waals surface area contributed by atoms with Crippen LogP contribution in [0.4, 0.5) is 9.18 Å². The number of rotatable bonds is 2. The molecule has 0 bridgehead atoms. The summed E-state index contributed by atoms with van der Waals surface area (Å²) in [5, 5.41) is 0. The summed E-state index contributed by atoms with van der Waals surface area (Å²) in [4.78, 5) is 30.0. The lowest BCUT2D eigenvalue weighted by Crippen LogP contribution is -2.63. The lowest BCUT2D eigenvalue weighted by molar-refractivity contribution is -0.145. The van der Waals surface area contributed by atoms with Crippen LogP contribution < -0.4 is 0 Å². The predicted octanol–water partition coefficient (Wildman–Crippen LogP) is 1.64. The number of hydrogen-bond donors (Lipinski definition) is 0. The number of halogens is 1. The summed E-state index contributed by atoms with van der Waals surface area (Å²) in [6.45, 7) is 8.57. The summed E-state index contributed by atoms with van der Waals surface area (Å²) in [6.07, 6.45) is 0.976. The summed E-state index contributed by atoms with van der Waals surface area (Å²) < 4.78 is 19.8. The highest BCUT2D eigenvalue weighted by atomic mass is 19.1. The van der Waals surface area contributed by atoms with Crippen molar-refractivity contribution >= 4 is 12.0 Å². The van der Waals surface area contributed by atoms with Crippen molar-refractivity contribution < 1.29 is 18.7 Å². The molecule has 3 fully saturated rings. The summed E-state index contributed by atoms with van der Waals surface area (Å²) >= 11 is 0. The van der Waals surface area contributed by atoms with Crippen LogP contribution in [0.1, 0.15) is 40.0 Å². The molecule has 3 aliphatic heterocycles. The van der Waals surface area contributed by atoms with Crippen molar-refractivity contribution in [1.82, 2.24) is 14.7 Å². The lowest BCUT2D eigenvalue weighted by Gasteiger charge is -2.47. The fourth-order valence-corrected chi connectivity index (χ4v) is 3.57. The zero-order valence-electron chi connectivity index (χ0n) is 14.8. The Balaban J connectivity index is 1.54. The first-order chi connectivity index (χ1) is 11.3. The van der Waals surface area contributed by atoms with E-state index in [0.717, 1.165) is 19.5 Å². The number of hydrogen-bond acceptors (Lipinski definition) is 4. The molecule has 3 aliphatic rings. The van der Waals surface area contributed by atoms with Crippen LogP contribution >= 0.6 is 0 Å². The molecule has 3 heterocycles. The van der Waals surface area contributed by atoms with E-state index in [4.69, 9.17) is 4.74 Å². The quantitative estimate of drug-likeness (QED) is 0.766. The predicted molar refractivity (Wildman–Crippen MR) is 87.4 cm³/mol. The number of amides is 2. The Morgan fingerprint density at radius 3 is 2.25 bits per heavy atom. The molecule has 0 N–H and O–H groups in total. The van der Waals surface area contributed by atoms with Crippen molar-refractivity contribution in [3.8, 4) is 0 Å². The van der Waals surface area contributed by atoms with Gasteiger partial charge in [-0.25, -0.2) is 9.18 Å². The second-order valence-electron chi connectivity index (χ2n) is 8.02. The van der Waals surface area contributed by atoms with Gasteiger partial charge >= 0.3 is 6.09 Å². The summed E-state index contributed by atoms with van der Waals surface area (Å²) in [5.74, 6) is -0.142. The van der Waals surface area contributed by atoms with E-state index in [1.165, 1.54) is 4.90 Å². The number of carbonyl (C=O) groups excluding carboxylic acids is 2. The van der Waals surface area contributed by atoms with Gasteiger partial charge in [0.1, 0.15) is 17.8 Å². The van der Waals surface area contributed by atoms with E-state index in [1.54, 1.807) is 25.7 Å².